The van der Waals surface area contributed by atoms with E-state index in [9.17, 15) is 0 Å². The van der Waals surface area contributed by atoms with Gasteiger partial charge >= 0.3 is 0 Å². The maximum Gasteiger partial charge on any atom is 0.0175 e. The normalized spacial score (nSPS) is 17.8. The van der Waals surface area contributed by atoms with Crippen LogP contribution in [0.15, 0.2) is 28.7 Å². The van der Waals surface area contributed by atoms with Crippen molar-refractivity contribution in [1.29, 1.82) is 0 Å². The van der Waals surface area contributed by atoms with Gasteiger partial charge in [0, 0.05) is 10.5 Å². The van der Waals surface area contributed by atoms with E-state index in [-0.39, 0.29) is 0 Å². The lowest BCUT2D eigenvalue weighted by atomic mass is 10.0. The zero-order valence-corrected chi connectivity index (χ0v) is 13.6. The van der Waals surface area contributed by atoms with Crippen molar-refractivity contribution in [2.24, 2.45) is 5.92 Å². The molecular weight excluding hydrogens is 298 g/mol. The molecule has 0 amide bonds. The van der Waals surface area contributed by atoms with E-state index < -0.39 is 0 Å². The Morgan fingerprint density at radius 2 is 1.89 bits per heavy atom. The fourth-order valence-electron chi connectivity index (χ4n) is 3.08. The average Bonchev–Trinajstić information content (AvgIpc) is 2.91. The van der Waals surface area contributed by atoms with Crippen molar-refractivity contribution < 1.29 is 0 Å². The van der Waals surface area contributed by atoms with E-state index in [0.29, 0.717) is 6.04 Å². The second kappa shape index (κ2) is 8.06. The summed E-state index contributed by atoms with van der Waals surface area (Å²) in [6.45, 7) is 3.46. The van der Waals surface area contributed by atoms with Crippen LogP contribution in [0.4, 0.5) is 0 Å². The first-order chi connectivity index (χ1) is 9.24. The SMILES string of the molecule is CC(Cc1ccc(Br)cc1)NCCCC1CCCC1. The third-order valence-corrected chi connectivity index (χ3v) is 4.74. The van der Waals surface area contributed by atoms with Crippen LogP contribution in [0.2, 0.25) is 0 Å². The summed E-state index contributed by atoms with van der Waals surface area (Å²) in [4.78, 5) is 0. The molecule has 1 aliphatic rings. The van der Waals surface area contributed by atoms with Gasteiger partial charge in [0.15, 0.2) is 0 Å². The lowest BCUT2D eigenvalue weighted by molar-refractivity contribution is 0.452. The van der Waals surface area contributed by atoms with Crippen molar-refractivity contribution in [3.63, 3.8) is 0 Å². The maximum absolute atomic E-state index is 3.66. The van der Waals surface area contributed by atoms with Crippen LogP contribution in [0, 0.1) is 5.92 Å². The second-order valence-corrected chi connectivity index (χ2v) is 6.89. The number of nitrogens with one attached hydrogen (secondary N) is 1. The van der Waals surface area contributed by atoms with E-state index in [1.165, 1.54) is 50.6 Å². The first kappa shape index (κ1) is 15.1. The Balaban J connectivity index is 1.58. The van der Waals surface area contributed by atoms with Gasteiger partial charge in [-0.2, -0.15) is 0 Å². The Bertz CT molecular complexity index is 354. The molecule has 106 valence electrons. The number of benzene rings is 1. The minimum absolute atomic E-state index is 0.574. The number of hydrogen-bond acceptors (Lipinski definition) is 1. The van der Waals surface area contributed by atoms with Gasteiger partial charge in [-0.1, -0.05) is 53.7 Å². The lowest BCUT2D eigenvalue weighted by Gasteiger charge is -2.15. The molecule has 1 unspecified atom stereocenters. The fourth-order valence-corrected chi connectivity index (χ4v) is 3.35. The molecule has 0 aliphatic heterocycles. The van der Waals surface area contributed by atoms with E-state index in [0.717, 1.165) is 16.8 Å². The van der Waals surface area contributed by atoms with E-state index >= 15 is 0 Å². The first-order valence-corrected chi connectivity index (χ1v) is 8.51. The second-order valence-electron chi connectivity index (χ2n) is 5.98. The molecule has 0 heterocycles. The van der Waals surface area contributed by atoms with Crippen LogP contribution in [0.3, 0.4) is 0 Å². The molecule has 19 heavy (non-hydrogen) atoms. The molecule has 2 heteroatoms. The summed E-state index contributed by atoms with van der Waals surface area (Å²) in [6.07, 6.45) is 9.79. The minimum Gasteiger partial charge on any atom is -0.314 e. The Morgan fingerprint density at radius 3 is 2.58 bits per heavy atom. The Hall–Kier alpha value is -0.340. The van der Waals surface area contributed by atoms with Crippen molar-refractivity contribution in [1.82, 2.24) is 5.32 Å². The summed E-state index contributed by atoms with van der Waals surface area (Å²) < 4.78 is 1.16. The van der Waals surface area contributed by atoms with Crippen molar-refractivity contribution in [3.05, 3.63) is 34.3 Å². The monoisotopic (exact) mass is 323 g/mol. The molecule has 1 aromatic carbocycles. The van der Waals surface area contributed by atoms with Gasteiger partial charge in [0.25, 0.3) is 0 Å². The molecule has 1 nitrogen and oxygen atoms in total. The van der Waals surface area contributed by atoms with E-state index in [2.05, 4.69) is 52.4 Å². The third-order valence-electron chi connectivity index (χ3n) is 4.21. The topological polar surface area (TPSA) is 12.0 Å². The number of rotatable bonds is 7. The van der Waals surface area contributed by atoms with Crippen LogP contribution in [-0.4, -0.2) is 12.6 Å². The van der Waals surface area contributed by atoms with Crippen LogP contribution in [0.5, 0.6) is 0 Å². The van der Waals surface area contributed by atoms with E-state index in [4.69, 9.17) is 0 Å². The van der Waals surface area contributed by atoms with Crippen molar-refractivity contribution in [2.75, 3.05) is 6.54 Å². The lowest BCUT2D eigenvalue weighted by Crippen LogP contribution is -2.29. The van der Waals surface area contributed by atoms with Crippen LogP contribution < -0.4 is 5.32 Å². The Kier molecular flexibility index (Phi) is 6.39. The van der Waals surface area contributed by atoms with Crippen LogP contribution in [-0.2, 0) is 6.42 Å². The molecule has 1 N–H and O–H groups in total. The number of halogens is 1. The molecule has 0 saturated heterocycles. The average molecular weight is 324 g/mol. The highest BCUT2D eigenvalue weighted by molar-refractivity contribution is 9.10. The van der Waals surface area contributed by atoms with E-state index in [1.54, 1.807) is 0 Å². The van der Waals surface area contributed by atoms with Gasteiger partial charge < -0.3 is 5.32 Å². The molecule has 1 aromatic rings. The third kappa shape index (κ3) is 5.66. The first-order valence-electron chi connectivity index (χ1n) is 7.72. The predicted molar refractivity (Wildman–Crippen MR) is 86.5 cm³/mol. The van der Waals surface area contributed by atoms with Crippen LogP contribution in [0.25, 0.3) is 0 Å². The van der Waals surface area contributed by atoms with Gasteiger partial charge in [0.2, 0.25) is 0 Å². The highest BCUT2D eigenvalue weighted by Crippen LogP contribution is 2.28. The molecule has 1 aliphatic carbocycles. The molecule has 0 spiro atoms. The zero-order chi connectivity index (χ0) is 13.5. The molecule has 1 fully saturated rings. The van der Waals surface area contributed by atoms with Crippen molar-refractivity contribution >= 4 is 15.9 Å². The van der Waals surface area contributed by atoms with Gasteiger partial charge in [-0.15, -0.1) is 0 Å². The number of hydrogen-bond donors (Lipinski definition) is 1. The Morgan fingerprint density at radius 1 is 1.21 bits per heavy atom. The zero-order valence-electron chi connectivity index (χ0n) is 12.0. The molecule has 0 bridgehead atoms. The maximum atomic E-state index is 3.66. The quantitative estimate of drug-likeness (QED) is 0.701. The van der Waals surface area contributed by atoms with Crippen molar-refractivity contribution in [3.8, 4) is 0 Å². The Labute approximate surface area is 126 Å². The predicted octanol–water partition coefficient (Wildman–Crippen LogP) is 4.94. The van der Waals surface area contributed by atoms with Gasteiger partial charge in [-0.25, -0.2) is 0 Å². The highest BCUT2D eigenvalue weighted by atomic mass is 79.9. The fraction of sp³-hybridized carbons (Fsp3) is 0.647. The van der Waals surface area contributed by atoms with Gasteiger partial charge in [0.1, 0.15) is 0 Å². The molecule has 0 radical (unpaired) electrons. The largest absolute Gasteiger partial charge is 0.314 e. The standard InChI is InChI=1S/C17H26BrN/c1-14(13-16-8-10-17(18)11-9-16)19-12-4-7-15-5-2-3-6-15/h8-11,14-15,19H,2-7,12-13H2,1H3. The molecule has 1 saturated carbocycles. The minimum atomic E-state index is 0.574. The molecular formula is C17H26BrN. The van der Waals surface area contributed by atoms with Crippen LogP contribution >= 0.6 is 15.9 Å². The van der Waals surface area contributed by atoms with Crippen LogP contribution in [0.1, 0.15) is 51.0 Å². The molecule has 0 aromatic heterocycles. The highest BCUT2D eigenvalue weighted by Gasteiger charge is 2.14. The van der Waals surface area contributed by atoms with Gasteiger partial charge in [0.05, 0.1) is 0 Å². The summed E-state index contributed by atoms with van der Waals surface area (Å²) in [5.74, 6) is 1.03. The summed E-state index contributed by atoms with van der Waals surface area (Å²) >= 11 is 3.48. The molecule has 2 rings (SSSR count). The summed E-state index contributed by atoms with van der Waals surface area (Å²) in [6, 6.07) is 9.25. The van der Waals surface area contributed by atoms with Crippen molar-refractivity contribution in [2.45, 2.75) is 57.9 Å². The smallest absolute Gasteiger partial charge is 0.0175 e. The summed E-state index contributed by atoms with van der Waals surface area (Å²) in [5.41, 5.74) is 1.42. The summed E-state index contributed by atoms with van der Waals surface area (Å²) in [7, 11) is 0. The summed E-state index contributed by atoms with van der Waals surface area (Å²) in [5, 5.41) is 3.66. The molecule has 1 atom stereocenters. The van der Waals surface area contributed by atoms with Gasteiger partial charge in [-0.3, -0.25) is 0 Å². The van der Waals surface area contributed by atoms with E-state index in [1.807, 2.05) is 0 Å². The van der Waals surface area contributed by atoms with Gasteiger partial charge in [-0.05, 0) is 56.3 Å².